The smallest absolute Gasteiger partial charge is 0.303 e. The van der Waals surface area contributed by atoms with Crippen LogP contribution in [0.1, 0.15) is 37.7 Å². The Hall–Kier alpha value is -1.84. The van der Waals surface area contributed by atoms with E-state index in [9.17, 15) is 9.59 Å². The fraction of sp³-hybridized carbons (Fsp3) is 0.467. The second kappa shape index (κ2) is 9.14. The minimum atomic E-state index is -0.740. The van der Waals surface area contributed by atoms with Crippen molar-refractivity contribution in [2.24, 2.45) is 0 Å². The first-order valence-electron chi connectivity index (χ1n) is 6.71. The summed E-state index contributed by atoms with van der Waals surface area (Å²) in [6.07, 6.45) is 4.13. The van der Waals surface area contributed by atoms with Gasteiger partial charge < -0.3 is 10.4 Å². The number of carbonyl (C=O) groups excluding carboxylic acids is 1. The predicted molar refractivity (Wildman–Crippen MR) is 73.9 cm³/mol. The number of benzene rings is 1. The molecule has 2 N–H and O–H groups in total. The molecule has 0 atom stereocenters. The molecule has 1 aromatic carbocycles. The van der Waals surface area contributed by atoms with Crippen molar-refractivity contribution in [3.63, 3.8) is 0 Å². The van der Waals surface area contributed by atoms with Gasteiger partial charge in [0.1, 0.15) is 0 Å². The molecule has 0 aliphatic rings. The van der Waals surface area contributed by atoms with E-state index in [1.807, 2.05) is 30.3 Å². The number of carboxylic acids is 1. The fourth-order valence-corrected chi connectivity index (χ4v) is 1.83. The normalized spacial score (nSPS) is 10.1. The molecule has 0 aliphatic heterocycles. The van der Waals surface area contributed by atoms with Crippen molar-refractivity contribution in [3.05, 3.63) is 35.9 Å². The number of amides is 1. The summed E-state index contributed by atoms with van der Waals surface area (Å²) in [5, 5.41) is 11.3. The van der Waals surface area contributed by atoms with E-state index in [0.29, 0.717) is 19.4 Å². The molecular formula is C15H21NO3. The lowest BCUT2D eigenvalue weighted by molar-refractivity contribution is -0.137. The molecule has 4 heteroatoms. The number of carbonyl (C=O) groups is 2. The highest BCUT2D eigenvalue weighted by Crippen LogP contribution is 2.03. The van der Waals surface area contributed by atoms with Gasteiger partial charge in [0, 0.05) is 13.0 Å². The maximum Gasteiger partial charge on any atom is 0.303 e. The number of rotatable bonds is 9. The fourth-order valence-electron chi connectivity index (χ4n) is 1.83. The highest BCUT2D eigenvalue weighted by Gasteiger charge is 2.02. The van der Waals surface area contributed by atoms with E-state index in [0.717, 1.165) is 24.8 Å². The van der Waals surface area contributed by atoms with Gasteiger partial charge in [0.25, 0.3) is 0 Å². The van der Waals surface area contributed by atoms with Gasteiger partial charge in [-0.2, -0.15) is 0 Å². The Morgan fingerprint density at radius 1 is 1.00 bits per heavy atom. The molecule has 4 nitrogen and oxygen atoms in total. The number of carboxylic acid groups (broad SMARTS) is 1. The summed E-state index contributed by atoms with van der Waals surface area (Å²) in [6, 6.07) is 9.64. The summed E-state index contributed by atoms with van der Waals surface area (Å²) >= 11 is 0. The molecule has 0 heterocycles. The summed E-state index contributed by atoms with van der Waals surface area (Å²) in [7, 11) is 0. The van der Waals surface area contributed by atoms with Gasteiger partial charge in [-0.1, -0.05) is 43.2 Å². The van der Waals surface area contributed by atoms with Crippen molar-refractivity contribution in [2.45, 2.75) is 38.5 Å². The third kappa shape index (κ3) is 7.97. The van der Waals surface area contributed by atoms with E-state index < -0.39 is 5.97 Å². The molecular weight excluding hydrogens is 242 g/mol. The molecule has 0 radical (unpaired) electrons. The van der Waals surface area contributed by atoms with Crippen LogP contribution < -0.4 is 5.32 Å². The molecule has 0 aliphatic carbocycles. The topological polar surface area (TPSA) is 66.4 Å². The van der Waals surface area contributed by atoms with Gasteiger partial charge in [-0.3, -0.25) is 9.59 Å². The summed E-state index contributed by atoms with van der Waals surface area (Å²) in [4.78, 5) is 21.9. The van der Waals surface area contributed by atoms with Crippen molar-refractivity contribution >= 4 is 11.9 Å². The molecule has 0 saturated heterocycles. The molecule has 0 spiro atoms. The monoisotopic (exact) mass is 263 g/mol. The van der Waals surface area contributed by atoms with Gasteiger partial charge in [0.05, 0.1) is 6.42 Å². The molecule has 1 rings (SSSR count). The third-order valence-corrected chi connectivity index (χ3v) is 2.85. The molecule has 1 amide bonds. The van der Waals surface area contributed by atoms with Crippen LogP contribution in [-0.4, -0.2) is 23.5 Å². The van der Waals surface area contributed by atoms with E-state index in [4.69, 9.17) is 5.11 Å². The zero-order valence-electron chi connectivity index (χ0n) is 11.1. The average molecular weight is 263 g/mol. The van der Waals surface area contributed by atoms with Crippen LogP contribution in [0.15, 0.2) is 30.3 Å². The van der Waals surface area contributed by atoms with Crippen LogP contribution in [0.3, 0.4) is 0 Å². The van der Waals surface area contributed by atoms with Gasteiger partial charge in [0.2, 0.25) is 5.91 Å². The quantitative estimate of drug-likeness (QED) is 0.672. The second-order valence-corrected chi connectivity index (χ2v) is 4.57. The minimum absolute atomic E-state index is 0.0386. The maximum atomic E-state index is 11.6. The standard InChI is InChI=1S/C15H21NO3/c17-14(12-13-8-4-3-5-9-13)16-11-7-2-1-6-10-15(18)19/h3-5,8-9H,1-2,6-7,10-12H2,(H,16,17)(H,18,19). The van der Waals surface area contributed by atoms with Gasteiger partial charge in [-0.05, 0) is 18.4 Å². The third-order valence-electron chi connectivity index (χ3n) is 2.85. The maximum absolute atomic E-state index is 11.6. The Labute approximate surface area is 113 Å². The Bertz CT molecular complexity index is 390. The van der Waals surface area contributed by atoms with Crippen molar-refractivity contribution in [1.29, 1.82) is 0 Å². The highest BCUT2D eigenvalue weighted by atomic mass is 16.4. The van der Waals surface area contributed by atoms with Crippen molar-refractivity contribution < 1.29 is 14.7 Å². The lowest BCUT2D eigenvalue weighted by atomic mass is 10.1. The number of nitrogens with one attached hydrogen (secondary N) is 1. The van der Waals surface area contributed by atoms with Crippen LogP contribution in [0.25, 0.3) is 0 Å². The highest BCUT2D eigenvalue weighted by molar-refractivity contribution is 5.78. The molecule has 0 unspecified atom stereocenters. The lowest BCUT2D eigenvalue weighted by Crippen LogP contribution is -2.26. The number of unbranched alkanes of at least 4 members (excludes halogenated alkanes) is 3. The summed E-state index contributed by atoms with van der Waals surface area (Å²) in [5.74, 6) is -0.701. The molecule has 0 fully saturated rings. The van der Waals surface area contributed by atoms with Crippen LogP contribution in [0.4, 0.5) is 0 Å². The molecule has 0 bridgehead atoms. The predicted octanol–water partition coefficient (Wildman–Crippen LogP) is 2.38. The van der Waals surface area contributed by atoms with E-state index in [2.05, 4.69) is 5.32 Å². The average Bonchev–Trinajstić information content (AvgIpc) is 2.38. The Morgan fingerprint density at radius 3 is 2.37 bits per heavy atom. The van der Waals surface area contributed by atoms with Crippen LogP contribution in [0.2, 0.25) is 0 Å². The summed E-state index contributed by atoms with van der Waals surface area (Å²) in [6.45, 7) is 0.665. The van der Waals surface area contributed by atoms with E-state index in [1.54, 1.807) is 0 Å². The zero-order valence-corrected chi connectivity index (χ0v) is 11.1. The van der Waals surface area contributed by atoms with Crippen molar-refractivity contribution in [2.75, 3.05) is 6.54 Å². The Balaban J connectivity index is 2.00. The summed E-state index contributed by atoms with van der Waals surface area (Å²) < 4.78 is 0. The van der Waals surface area contributed by atoms with Gasteiger partial charge >= 0.3 is 5.97 Å². The largest absolute Gasteiger partial charge is 0.481 e. The van der Waals surface area contributed by atoms with E-state index >= 15 is 0 Å². The molecule has 1 aromatic rings. The van der Waals surface area contributed by atoms with E-state index in [1.165, 1.54) is 0 Å². The van der Waals surface area contributed by atoms with Crippen LogP contribution in [0, 0.1) is 0 Å². The van der Waals surface area contributed by atoms with Crippen molar-refractivity contribution in [1.82, 2.24) is 5.32 Å². The molecule has 19 heavy (non-hydrogen) atoms. The van der Waals surface area contributed by atoms with Gasteiger partial charge in [0.15, 0.2) is 0 Å². The van der Waals surface area contributed by atoms with E-state index in [-0.39, 0.29) is 12.3 Å². The lowest BCUT2D eigenvalue weighted by Gasteiger charge is -2.05. The Morgan fingerprint density at radius 2 is 1.68 bits per heavy atom. The minimum Gasteiger partial charge on any atom is -0.481 e. The van der Waals surface area contributed by atoms with Crippen molar-refractivity contribution in [3.8, 4) is 0 Å². The van der Waals surface area contributed by atoms with Gasteiger partial charge in [-0.25, -0.2) is 0 Å². The first-order chi connectivity index (χ1) is 9.18. The number of aliphatic carboxylic acids is 1. The zero-order chi connectivity index (χ0) is 13.9. The molecule has 104 valence electrons. The Kier molecular flexibility index (Phi) is 7.32. The first kappa shape index (κ1) is 15.2. The van der Waals surface area contributed by atoms with Crippen LogP contribution in [-0.2, 0) is 16.0 Å². The number of hydrogen-bond donors (Lipinski definition) is 2. The van der Waals surface area contributed by atoms with Crippen LogP contribution in [0.5, 0.6) is 0 Å². The second-order valence-electron chi connectivity index (χ2n) is 4.57. The number of hydrogen-bond acceptors (Lipinski definition) is 2. The first-order valence-corrected chi connectivity index (χ1v) is 6.71. The van der Waals surface area contributed by atoms with Crippen LogP contribution >= 0.6 is 0 Å². The summed E-state index contributed by atoms with van der Waals surface area (Å²) in [5.41, 5.74) is 1.02. The molecule has 0 aromatic heterocycles. The molecule has 0 saturated carbocycles. The SMILES string of the molecule is O=C(O)CCCCCCNC(=O)Cc1ccccc1. The van der Waals surface area contributed by atoms with Gasteiger partial charge in [-0.15, -0.1) is 0 Å².